The highest BCUT2D eigenvalue weighted by atomic mass is 16.5. The summed E-state index contributed by atoms with van der Waals surface area (Å²) in [5, 5.41) is 17.2. The summed E-state index contributed by atoms with van der Waals surface area (Å²) in [6.45, 7) is 9.46. The number of amidine groups is 1. The molecular formula is C11H22N2O2. The molecule has 1 rings (SSSR count). The molecule has 0 saturated carbocycles. The molecule has 0 aliphatic carbocycles. The lowest BCUT2D eigenvalue weighted by Crippen LogP contribution is -2.52. The van der Waals surface area contributed by atoms with Crippen LogP contribution in [0.2, 0.25) is 0 Å². The van der Waals surface area contributed by atoms with Crippen LogP contribution >= 0.6 is 0 Å². The maximum absolute atomic E-state index is 9.09. The number of rotatable bonds is 1. The van der Waals surface area contributed by atoms with Crippen LogP contribution in [0.4, 0.5) is 0 Å². The fraction of sp³-hybridized carbons (Fsp3) is 0.909. The molecule has 2 unspecified atom stereocenters. The summed E-state index contributed by atoms with van der Waals surface area (Å²) >= 11 is 0. The van der Waals surface area contributed by atoms with Crippen molar-refractivity contribution < 1.29 is 9.84 Å². The van der Waals surface area contributed by atoms with Gasteiger partial charge in [0.05, 0.1) is 18.8 Å². The van der Waals surface area contributed by atoms with Gasteiger partial charge in [0, 0.05) is 18.5 Å². The van der Waals surface area contributed by atoms with Gasteiger partial charge in [-0.3, -0.25) is 5.41 Å². The van der Waals surface area contributed by atoms with Gasteiger partial charge in [0.15, 0.2) is 0 Å². The zero-order chi connectivity index (χ0) is 11.6. The molecule has 0 aromatic rings. The first kappa shape index (κ1) is 12.5. The van der Waals surface area contributed by atoms with E-state index >= 15 is 0 Å². The number of ether oxygens (including phenoxy) is 1. The molecule has 2 N–H and O–H groups in total. The quantitative estimate of drug-likeness (QED) is 0.507. The van der Waals surface area contributed by atoms with Crippen molar-refractivity contribution in [2.75, 3.05) is 19.7 Å². The van der Waals surface area contributed by atoms with E-state index in [1.807, 2.05) is 32.6 Å². The topological polar surface area (TPSA) is 56.6 Å². The van der Waals surface area contributed by atoms with Gasteiger partial charge in [-0.1, -0.05) is 20.8 Å². The molecule has 88 valence electrons. The lowest BCUT2D eigenvalue weighted by atomic mass is 9.93. The van der Waals surface area contributed by atoms with Gasteiger partial charge in [-0.05, 0) is 6.92 Å². The van der Waals surface area contributed by atoms with Crippen LogP contribution in [0.1, 0.15) is 27.7 Å². The minimum Gasteiger partial charge on any atom is -0.394 e. The molecule has 0 aromatic heterocycles. The van der Waals surface area contributed by atoms with E-state index in [9.17, 15) is 0 Å². The Morgan fingerprint density at radius 3 is 2.53 bits per heavy atom. The molecule has 0 amide bonds. The monoisotopic (exact) mass is 214 g/mol. The van der Waals surface area contributed by atoms with Crippen molar-refractivity contribution in [1.82, 2.24) is 4.90 Å². The van der Waals surface area contributed by atoms with Crippen molar-refractivity contribution in [1.29, 1.82) is 5.41 Å². The highest BCUT2D eigenvalue weighted by molar-refractivity contribution is 5.84. The molecule has 2 atom stereocenters. The normalized spacial score (nSPS) is 27.9. The highest BCUT2D eigenvalue weighted by Gasteiger charge is 2.30. The Kier molecular flexibility index (Phi) is 3.73. The summed E-state index contributed by atoms with van der Waals surface area (Å²) in [6, 6.07) is 0. The Morgan fingerprint density at radius 2 is 2.07 bits per heavy atom. The fourth-order valence-electron chi connectivity index (χ4n) is 1.80. The molecule has 1 aliphatic heterocycles. The third-order valence-electron chi connectivity index (χ3n) is 2.56. The highest BCUT2D eigenvalue weighted by Crippen LogP contribution is 2.21. The van der Waals surface area contributed by atoms with Crippen LogP contribution in [0.5, 0.6) is 0 Å². The van der Waals surface area contributed by atoms with E-state index in [-0.39, 0.29) is 24.2 Å². The number of hydrogen-bond acceptors (Lipinski definition) is 3. The standard InChI is InChI=1S/C11H22N2O2/c1-8-5-13(6-9(7-14)15-8)10(12)11(2,3)4/h8-9,12,14H,5-7H2,1-4H3. The minimum atomic E-state index is -0.156. The molecule has 15 heavy (non-hydrogen) atoms. The van der Waals surface area contributed by atoms with Crippen molar-refractivity contribution in [3.8, 4) is 0 Å². The second-order valence-electron chi connectivity index (χ2n) is 5.25. The number of hydrogen-bond donors (Lipinski definition) is 2. The Labute approximate surface area is 91.7 Å². The zero-order valence-corrected chi connectivity index (χ0v) is 10.1. The number of aliphatic hydroxyl groups excluding tert-OH is 1. The Morgan fingerprint density at radius 1 is 1.47 bits per heavy atom. The lowest BCUT2D eigenvalue weighted by Gasteiger charge is -2.40. The van der Waals surface area contributed by atoms with Crippen LogP contribution in [0.15, 0.2) is 0 Å². The van der Waals surface area contributed by atoms with E-state index in [1.165, 1.54) is 0 Å². The number of nitrogens with zero attached hydrogens (tertiary/aromatic N) is 1. The van der Waals surface area contributed by atoms with Crippen LogP contribution in [-0.2, 0) is 4.74 Å². The Bertz CT molecular complexity index is 235. The third-order valence-corrected chi connectivity index (χ3v) is 2.56. The lowest BCUT2D eigenvalue weighted by molar-refractivity contribution is -0.0801. The number of morpholine rings is 1. The maximum Gasteiger partial charge on any atom is 0.101 e. The number of aliphatic hydroxyl groups is 1. The average molecular weight is 214 g/mol. The van der Waals surface area contributed by atoms with Gasteiger partial charge in [-0.15, -0.1) is 0 Å². The molecule has 0 radical (unpaired) electrons. The van der Waals surface area contributed by atoms with Crippen molar-refractivity contribution in [3.05, 3.63) is 0 Å². The van der Waals surface area contributed by atoms with Gasteiger partial charge in [0.25, 0.3) is 0 Å². The summed E-state index contributed by atoms with van der Waals surface area (Å²) in [5.41, 5.74) is -0.142. The molecular weight excluding hydrogens is 192 g/mol. The summed E-state index contributed by atoms with van der Waals surface area (Å²) in [6.07, 6.45) is -0.0740. The molecule has 0 aromatic carbocycles. The predicted octanol–water partition coefficient (Wildman–Crippen LogP) is 1.09. The van der Waals surface area contributed by atoms with Gasteiger partial charge in [-0.2, -0.15) is 0 Å². The second kappa shape index (κ2) is 4.49. The SMILES string of the molecule is CC1CN(C(=N)C(C)(C)C)CC(CO)O1. The van der Waals surface area contributed by atoms with E-state index in [1.54, 1.807) is 0 Å². The van der Waals surface area contributed by atoms with Crippen LogP contribution < -0.4 is 0 Å². The maximum atomic E-state index is 9.09. The van der Waals surface area contributed by atoms with Crippen molar-refractivity contribution in [2.45, 2.75) is 39.9 Å². The summed E-state index contributed by atoms with van der Waals surface area (Å²) < 4.78 is 5.54. The van der Waals surface area contributed by atoms with Crippen LogP contribution in [0.3, 0.4) is 0 Å². The third kappa shape index (κ3) is 3.18. The van der Waals surface area contributed by atoms with Crippen molar-refractivity contribution in [3.63, 3.8) is 0 Å². The Hall–Kier alpha value is -0.610. The first-order chi connectivity index (χ1) is 6.84. The first-order valence-corrected chi connectivity index (χ1v) is 5.45. The van der Waals surface area contributed by atoms with Crippen LogP contribution in [0, 0.1) is 10.8 Å². The second-order valence-corrected chi connectivity index (χ2v) is 5.25. The zero-order valence-electron chi connectivity index (χ0n) is 10.1. The van der Waals surface area contributed by atoms with Gasteiger partial charge in [0.1, 0.15) is 5.84 Å². The van der Waals surface area contributed by atoms with Crippen molar-refractivity contribution >= 4 is 5.84 Å². The van der Waals surface area contributed by atoms with E-state index in [0.717, 1.165) is 6.54 Å². The van der Waals surface area contributed by atoms with Gasteiger partial charge in [-0.25, -0.2) is 0 Å². The van der Waals surface area contributed by atoms with Crippen LogP contribution in [0.25, 0.3) is 0 Å². The molecule has 4 heteroatoms. The molecule has 0 bridgehead atoms. The molecule has 1 heterocycles. The smallest absolute Gasteiger partial charge is 0.101 e. The van der Waals surface area contributed by atoms with Gasteiger partial charge < -0.3 is 14.7 Å². The Balaban J connectivity index is 2.66. The summed E-state index contributed by atoms with van der Waals surface area (Å²) in [7, 11) is 0. The van der Waals surface area contributed by atoms with E-state index < -0.39 is 0 Å². The molecule has 0 spiro atoms. The molecule has 1 fully saturated rings. The van der Waals surface area contributed by atoms with Crippen molar-refractivity contribution in [2.24, 2.45) is 5.41 Å². The molecule has 1 saturated heterocycles. The van der Waals surface area contributed by atoms with E-state index in [4.69, 9.17) is 15.3 Å². The van der Waals surface area contributed by atoms with Crippen LogP contribution in [-0.4, -0.2) is 47.7 Å². The summed E-state index contributed by atoms with van der Waals surface area (Å²) in [5.74, 6) is 0.621. The minimum absolute atomic E-state index is 0.0261. The van der Waals surface area contributed by atoms with E-state index in [0.29, 0.717) is 12.4 Å². The van der Waals surface area contributed by atoms with Gasteiger partial charge >= 0.3 is 0 Å². The van der Waals surface area contributed by atoms with E-state index in [2.05, 4.69) is 0 Å². The predicted molar refractivity (Wildman–Crippen MR) is 60.2 cm³/mol. The fourth-order valence-corrected chi connectivity index (χ4v) is 1.80. The summed E-state index contributed by atoms with van der Waals surface area (Å²) in [4.78, 5) is 2.01. The van der Waals surface area contributed by atoms with Gasteiger partial charge in [0.2, 0.25) is 0 Å². The number of nitrogens with one attached hydrogen (secondary N) is 1. The average Bonchev–Trinajstić information content (AvgIpc) is 2.14. The molecule has 1 aliphatic rings. The molecule has 4 nitrogen and oxygen atoms in total. The first-order valence-electron chi connectivity index (χ1n) is 5.45. The largest absolute Gasteiger partial charge is 0.394 e.